The van der Waals surface area contributed by atoms with E-state index in [1.165, 1.54) is 25.3 Å². The summed E-state index contributed by atoms with van der Waals surface area (Å²) in [4.78, 5) is 38.3. The molecule has 0 saturated carbocycles. The van der Waals surface area contributed by atoms with Crippen molar-refractivity contribution >= 4 is 46.5 Å². The fourth-order valence-corrected chi connectivity index (χ4v) is 2.15. The van der Waals surface area contributed by atoms with E-state index in [1.54, 1.807) is 6.07 Å². The number of amides is 1. The maximum Gasteiger partial charge on any atom is 0.345 e. The van der Waals surface area contributed by atoms with Crippen molar-refractivity contribution in [1.82, 2.24) is 4.98 Å². The molecule has 1 atom stereocenters. The smallest absolute Gasteiger partial charge is 0.345 e. The highest BCUT2D eigenvalue weighted by Gasteiger charge is 2.26. The van der Waals surface area contributed by atoms with Crippen molar-refractivity contribution in [3.05, 3.63) is 62.4 Å². The molecule has 0 spiro atoms. The van der Waals surface area contributed by atoms with E-state index in [4.69, 9.17) is 27.9 Å². The molecule has 1 aromatic carbocycles. The van der Waals surface area contributed by atoms with Crippen molar-refractivity contribution in [1.29, 1.82) is 0 Å². The van der Waals surface area contributed by atoms with Crippen molar-refractivity contribution < 1.29 is 19.2 Å². The first-order valence-electron chi connectivity index (χ1n) is 6.86. The topological polar surface area (TPSA) is 111 Å². The zero-order valence-electron chi connectivity index (χ0n) is 12.7. The Hall–Kier alpha value is -2.71. The molecule has 1 N–H and O–H groups in total. The Morgan fingerprint density at radius 3 is 2.68 bits per heavy atom. The number of nitrogens with one attached hydrogen (secondary N) is 1. The van der Waals surface area contributed by atoms with Gasteiger partial charge in [-0.3, -0.25) is 14.9 Å². The lowest BCUT2D eigenvalue weighted by Crippen LogP contribution is -2.30. The summed E-state index contributed by atoms with van der Waals surface area (Å²) in [6.07, 6.45) is 0.222. The molecule has 130 valence electrons. The zero-order chi connectivity index (χ0) is 18.6. The molecule has 2 rings (SSSR count). The number of carbonyl (C=O) groups is 2. The maximum absolute atomic E-state index is 12.1. The van der Waals surface area contributed by atoms with Crippen molar-refractivity contribution in [2.24, 2.45) is 0 Å². The second kappa shape index (κ2) is 7.91. The van der Waals surface area contributed by atoms with Gasteiger partial charge in [-0.15, -0.1) is 0 Å². The number of aromatic nitrogens is 1. The Morgan fingerprint density at radius 2 is 2.04 bits per heavy atom. The molecule has 0 bridgehead atoms. The van der Waals surface area contributed by atoms with Crippen molar-refractivity contribution in [3.8, 4) is 0 Å². The molecule has 2 aromatic rings. The normalized spacial score (nSPS) is 11.5. The van der Waals surface area contributed by atoms with Crippen molar-refractivity contribution in [2.75, 3.05) is 5.32 Å². The van der Waals surface area contributed by atoms with Crippen molar-refractivity contribution in [2.45, 2.75) is 13.0 Å². The van der Waals surface area contributed by atoms with Crippen LogP contribution in [-0.4, -0.2) is 27.9 Å². The average molecular weight is 384 g/mol. The lowest BCUT2D eigenvalue weighted by atomic mass is 10.2. The molecule has 25 heavy (non-hydrogen) atoms. The predicted octanol–water partition coefficient (Wildman–Crippen LogP) is 3.48. The number of carbonyl (C=O) groups excluding carboxylic acids is 2. The zero-order valence-corrected chi connectivity index (χ0v) is 14.2. The number of ether oxygens (including phenoxy) is 1. The summed E-state index contributed by atoms with van der Waals surface area (Å²) in [7, 11) is 0. The summed E-state index contributed by atoms with van der Waals surface area (Å²) in [6, 6.07) is 6.58. The van der Waals surface area contributed by atoms with Gasteiger partial charge in [0.25, 0.3) is 11.6 Å². The lowest BCUT2D eigenvalue weighted by Gasteiger charge is -2.14. The molecule has 10 heteroatoms. The first kappa shape index (κ1) is 18.6. The van der Waals surface area contributed by atoms with Gasteiger partial charge in [0.15, 0.2) is 11.3 Å². The number of nitrogens with zero attached hydrogens (tertiary/aromatic N) is 2. The van der Waals surface area contributed by atoms with E-state index in [0.29, 0.717) is 0 Å². The van der Waals surface area contributed by atoms with Gasteiger partial charge < -0.3 is 10.1 Å². The highest BCUT2D eigenvalue weighted by Crippen LogP contribution is 2.24. The minimum atomic E-state index is -1.22. The fraction of sp³-hybridized carbons (Fsp3) is 0.133. The van der Waals surface area contributed by atoms with Gasteiger partial charge in [0.2, 0.25) is 0 Å². The predicted molar refractivity (Wildman–Crippen MR) is 90.9 cm³/mol. The standard InChI is InChI=1S/C15H11Cl2N3O5/c1-8(14(21)19-11-3-2-6-18-13(11)17)25-15(22)10-5-4-9(16)7-12(10)20(23)24/h2-8H,1H3,(H,19,21). The van der Waals surface area contributed by atoms with Crippen LogP contribution in [0.5, 0.6) is 0 Å². The number of pyridine rings is 1. The van der Waals surface area contributed by atoms with Gasteiger partial charge >= 0.3 is 5.97 Å². The number of esters is 1. The molecule has 0 aliphatic carbocycles. The molecular formula is C15H11Cl2N3O5. The van der Waals surface area contributed by atoms with E-state index < -0.39 is 28.6 Å². The third-order valence-corrected chi connectivity index (χ3v) is 3.58. The highest BCUT2D eigenvalue weighted by atomic mass is 35.5. The number of benzene rings is 1. The van der Waals surface area contributed by atoms with Crippen LogP contribution in [0.25, 0.3) is 0 Å². The molecular weight excluding hydrogens is 373 g/mol. The van der Waals surface area contributed by atoms with Gasteiger partial charge in [0.05, 0.1) is 10.6 Å². The molecule has 1 unspecified atom stereocenters. The van der Waals surface area contributed by atoms with Gasteiger partial charge in [-0.05, 0) is 31.2 Å². The molecule has 1 amide bonds. The van der Waals surface area contributed by atoms with Crippen LogP contribution >= 0.6 is 23.2 Å². The van der Waals surface area contributed by atoms with Crippen LogP contribution in [0.3, 0.4) is 0 Å². The van der Waals surface area contributed by atoms with Gasteiger partial charge in [0, 0.05) is 17.3 Å². The summed E-state index contributed by atoms with van der Waals surface area (Å²) in [5.41, 5.74) is -0.580. The van der Waals surface area contributed by atoms with Crippen LogP contribution in [0, 0.1) is 10.1 Å². The molecule has 8 nitrogen and oxygen atoms in total. The monoisotopic (exact) mass is 383 g/mol. The molecule has 1 heterocycles. The van der Waals surface area contributed by atoms with Crippen LogP contribution in [0.15, 0.2) is 36.5 Å². The second-order valence-corrected chi connectivity index (χ2v) is 5.59. The van der Waals surface area contributed by atoms with Gasteiger partial charge in [-0.1, -0.05) is 23.2 Å². The van der Waals surface area contributed by atoms with Gasteiger partial charge in [-0.25, -0.2) is 9.78 Å². The number of nitro benzene ring substituents is 1. The van der Waals surface area contributed by atoms with E-state index in [2.05, 4.69) is 10.3 Å². The third kappa shape index (κ3) is 4.65. The Labute approximate surface area is 151 Å². The number of anilines is 1. The van der Waals surface area contributed by atoms with Gasteiger partial charge in [-0.2, -0.15) is 0 Å². The summed E-state index contributed by atoms with van der Waals surface area (Å²) in [5, 5.41) is 13.6. The van der Waals surface area contributed by atoms with Crippen LogP contribution in [0.1, 0.15) is 17.3 Å². The molecule has 0 aliphatic rings. The largest absolute Gasteiger partial charge is 0.449 e. The molecule has 0 saturated heterocycles. The number of hydrogen-bond acceptors (Lipinski definition) is 6. The van der Waals surface area contributed by atoms with Crippen LogP contribution in [-0.2, 0) is 9.53 Å². The quantitative estimate of drug-likeness (QED) is 0.366. The Kier molecular flexibility index (Phi) is 5.89. The Balaban J connectivity index is 2.11. The molecule has 1 aromatic heterocycles. The Bertz CT molecular complexity index is 844. The number of nitro groups is 1. The van der Waals surface area contributed by atoms with Crippen LogP contribution in [0.2, 0.25) is 10.2 Å². The number of hydrogen-bond donors (Lipinski definition) is 1. The van der Waals surface area contributed by atoms with E-state index in [0.717, 1.165) is 12.1 Å². The van der Waals surface area contributed by atoms with E-state index >= 15 is 0 Å². The minimum absolute atomic E-state index is 0.0720. The Morgan fingerprint density at radius 1 is 1.32 bits per heavy atom. The lowest BCUT2D eigenvalue weighted by molar-refractivity contribution is -0.385. The van der Waals surface area contributed by atoms with Crippen LogP contribution in [0.4, 0.5) is 11.4 Å². The second-order valence-electron chi connectivity index (χ2n) is 4.80. The molecule has 0 radical (unpaired) electrons. The minimum Gasteiger partial charge on any atom is -0.449 e. The summed E-state index contributed by atoms with van der Waals surface area (Å²) < 4.78 is 4.98. The van der Waals surface area contributed by atoms with Crippen LogP contribution < -0.4 is 5.32 Å². The molecule has 0 aliphatic heterocycles. The fourth-order valence-electron chi connectivity index (χ4n) is 1.82. The number of halogens is 2. The van der Waals surface area contributed by atoms with E-state index in [-0.39, 0.29) is 21.4 Å². The first-order chi connectivity index (χ1) is 11.8. The summed E-state index contributed by atoms with van der Waals surface area (Å²) in [5.74, 6) is -1.69. The number of rotatable bonds is 5. The summed E-state index contributed by atoms with van der Waals surface area (Å²) >= 11 is 11.5. The molecule has 0 fully saturated rings. The summed E-state index contributed by atoms with van der Waals surface area (Å²) in [6.45, 7) is 1.32. The maximum atomic E-state index is 12.1. The van der Waals surface area contributed by atoms with E-state index in [9.17, 15) is 19.7 Å². The van der Waals surface area contributed by atoms with Crippen molar-refractivity contribution in [3.63, 3.8) is 0 Å². The first-order valence-corrected chi connectivity index (χ1v) is 7.61. The highest BCUT2D eigenvalue weighted by molar-refractivity contribution is 6.32. The third-order valence-electron chi connectivity index (χ3n) is 3.05. The SMILES string of the molecule is CC(OC(=O)c1ccc(Cl)cc1[N+](=O)[O-])C(=O)Nc1cccnc1Cl. The van der Waals surface area contributed by atoms with E-state index in [1.807, 2.05) is 0 Å². The van der Waals surface area contributed by atoms with Gasteiger partial charge in [0.1, 0.15) is 5.56 Å². The average Bonchev–Trinajstić information content (AvgIpc) is 2.56.